The monoisotopic (exact) mass is 322 g/mol. The number of hydrogen-bond acceptors (Lipinski definition) is 6. The minimum Gasteiger partial charge on any atom is -0.493 e. The third-order valence-corrected chi connectivity index (χ3v) is 4.10. The Morgan fingerprint density at radius 3 is 2.65 bits per heavy atom. The van der Waals surface area contributed by atoms with Crippen molar-refractivity contribution >= 4 is 5.97 Å². The Kier molecular flexibility index (Phi) is 6.24. The van der Waals surface area contributed by atoms with Crippen LogP contribution in [0.1, 0.15) is 24.8 Å². The molecule has 0 aliphatic carbocycles. The normalized spacial score (nSPS) is 21.7. The summed E-state index contributed by atoms with van der Waals surface area (Å²) in [4.78, 5) is 13.8. The van der Waals surface area contributed by atoms with Crippen molar-refractivity contribution in [1.82, 2.24) is 4.90 Å². The van der Waals surface area contributed by atoms with Crippen LogP contribution in [-0.4, -0.2) is 57.4 Å². The van der Waals surface area contributed by atoms with Gasteiger partial charge in [0.15, 0.2) is 11.5 Å². The number of ether oxygens (including phenoxy) is 3. The fraction of sp³-hybridized carbons (Fsp3) is 0.588. The van der Waals surface area contributed by atoms with Crippen molar-refractivity contribution in [3.05, 3.63) is 23.8 Å². The molecule has 1 heterocycles. The van der Waals surface area contributed by atoms with Crippen molar-refractivity contribution < 1.29 is 19.0 Å². The van der Waals surface area contributed by atoms with E-state index in [1.807, 2.05) is 25.1 Å². The summed E-state index contributed by atoms with van der Waals surface area (Å²) >= 11 is 0. The minimum atomic E-state index is -0.201. The molecule has 0 amide bonds. The van der Waals surface area contributed by atoms with Crippen LogP contribution in [0.3, 0.4) is 0 Å². The lowest BCUT2D eigenvalue weighted by molar-refractivity contribution is -0.144. The van der Waals surface area contributed by atoms with E-state index in [1.54, 1.807) is 14.2 Å². The van der Waals surface area contributed by atoms with Crippen LogP contribution in [0.25, 0.3) is 0 Å². The van der Waals surface area contributed by atoms with Crippen molar-refractivity contribution in [1.29, 1.82) is 0 Å². The average molecular weight is 322 g/mol. The van der Waals surface area contributed by atoms with E-state index >= 15 is 0 Å². The van der Waals surface area contributed by atoms with Gasteiger partial charge in [-0.1, -0.05) is 6.07 Å². The summed E-state index contributed by atoms with van der Waals surface area (Å²) in [6.07, 6.45) is 0.884. The molecule has 2 rings (SSSR count). The largest absolute Gasteiger partial charge is 0.493 e. The van der Waals surface area contributed by atoms with Crippen molar-refractivity contribution in [3.8, 4) is 11.5 Å². The topological polar surface area (TPSA) is 74.0 Å². The third kappa shape index (κ3) is 4.59. The number of nitrogens with two attached hydrogens (primary N) is 1. The first-order valence-electron chi connectivity index (χ1n) is 7.92. The van der Waals surface area contributed by atoms with E-state index in [0.717, 1.165) is 18.5 Å². The lowest BCUT2D eigenvalue weighted by Crippen LogP contribution is -2.48. The first-order valence-corrected chi connectivity index (χ1v) is 7.92. The highest BCUT2D eigenvalue weighted by atomic mass is 16.5. The van der Waals surface area contributed by atoms with Crippen LogP contribution < -0.4 is 15.2 Å². The predicted octanol–water partition coefficient (Wildman–Crippen LogP) is 1.38. The molecular weight excluding hydrogens is 296 g/mol. The summed E-state index contributed by atoms with van der Waals surface area (Å²) in [7, 11) is 3.25. The lowest BCUT2D eigenvalue weighted by atomic mass is 9.88. The number of piperidine rings is 1. The Labute approximate surface area is 137 Å². The number of hydrogen-bond donors (Lipinski definition) is 1. The van der Waals surface area contributed by atoms with Crippen LogP contribution in [0, 0.1) is 0 Å². The van der Waals surface area contributed by atoms with Crippen LogP contribution in [0.5, 0.6) is 11.5 Å². The molecule has 0 aromatic heterocycles. The van der Waals surface area contributed by atoms with Crippen LogP contribution in [0.15, 0.2) is 18.2 Å². The molecule has 2 N–H and O–H groups in total. The first-order chi connectivity index (χ1) is 11.1. The van der Waals surface area contributed by atoms with Crippen LogP contribution in [-0.2, 0) is 9.53 Å². The summed E-state index contributed by atoms with van der Waals surface area (Å²) in [6, 6.07) is 5.97. The zero-order valence-corrected chi connectivity index (χ0v) is 14.1. The standard InChI is InChI=1S/C17H26N2O4/c1-4-23-17(20)11-19-9-13(7-14(18)10-19)12-5-6-15(21-2)16(8-12)22-3/h5-6,8,13-14H,4,7,9-11,18H2,1-3H3. The molecule has 23 heavy (non-hydrogen) atoms. The van der Waals surface area contributed by atoms with Crippen LogP contribution in [0.2, 0.25) is 0 Å². The van der Waals surface area contributed by atoms with E-state index in [4.69, 9.17) is 19.9 Å². The molecule has 0 bridgehead atoms. The molecule has 1 aromatic rings. The second kappa shape index (κ2) is 8.17. The molecule has 1 saturated heterocycles. The maximum Gasteiger partial charge on any atom is 0.320 e. The Balaban J connectivity index is 2.10. The van der Waals surface area contributed by atoms with Gasteiger partial charge in [0.2, 0.25) is 0 Å². The van der Waals surface area contributed by atoms with Gasteiger partial charge in [-0.2, -0.15) is 0 Å². The van der Waals surface area contributed by atoms with Gasteiger partial charge in [0.05, 0.1) is 27.4 Å². The number of nitrogens with zero attached hydrogens (tertiary/aromatic N) is 1. The van der Waals surface area contributed by atoms with Gasteiger partial charge in [-0.05, 0) is 37.0 Å². The summed E-state index contributed by atoms with van der Waals surface area (Å²) < 4.78 is 15.7. The molecule has 1 aromatic carbocycles. The molecule has 2 atom stereocenters. The van der Waals surface area contributed by atoms with Crippen molar-refractivity contribution in [2.45, 2.75) is 25.3 Å². The van der Waals surface area contributed by atoms with Gasteiger partial charge < -0.3 is 19.9 Å². The smallest absolute Gasteiger partial charge is 0.320 e. The van der Waals surface area contributed by atoms with Gasteiger partial charge in [0, 0.05) is 19.1 Å². The second-order valence-corrected chi connectivity index (χ2v) is 5.81. The number of benzene rings is 1. The molecule has 0 saturated carbocycles. The fourth-order valence-corrected chi connectivity index (χ4v) is 3.10. The predicted molar refractivity (Wildman–Crippen MR) is 88.0 cm³/mol. The van der Waals surface area contributed by atoms with E-state index in [9.17, 15) is 4.79 Å². The Hall–Kier alpha value is -1.79. The fourth-order valence-electron chi connectivity index (χ4n) is 3.10. The molecule has 1 fully saturated rings. The molecule has 0 radical (unpaired) electrons. The van der Waals surface area contributed by atoms with Gasteiger partial charge in [-0.15, -0.1) is 0 Å². The highest BCUT2D eigenvalue weighted by molar-refractivity contribution is 5.71. The first kappa shape index (κ1) is 17.6. The number of methoxy groups -OCH3 is 2. The maximum atomic E-state index is 11.7. The zero-order chi connectivity index (χ0) is 16.8. The molecular formula is C17H26N2O4. The highest BCUT2D eigenvalue weighted by Gasteiger charge is 2.28. The number of carbonyl (C=O) groups excluding carboxylic acids is 1. The van der Waals surface area contributed by atoms with E-state index in [2.05, 4.69) is 4.90 Å². The number of esters is 1. The van der Waals surface area contributed by atoms with Gasteiger partial charge in [-0.3, -0.25) is 9.69 Å². The van der Waals surface area contributed by atoms with Crippen molar-refractivity contribution in [3.63, 3.8) is 0 Å². The second-order valence-electron chi connectivity index (χ2n) is 5.81. The SMILES string of the molecule is CCOC(=O)CN1CC(N)CC(c2ccc(OC)c(OC)c2)C1. The molecule has 1 aliphatic rings. The Morgan fingerprint density at radius 2 is 2.00 bits per heavy atom. The number of carbonyl (C=O) groups is 1. The zero-order valence-electron chi connectivity index (χ0n) is 14.1. The molecule has 6 heteroatoms. The van der Waals surface area contributed by atoms with E-state index < -0.39 is 0 Å². The number of likely N-dealkylation sites (tertiary alicyclic amines) is 1. The summed E-state index contributed by atoms with van der Waals surface area (Å²) in [6.45, 7) is 3.99. The summed E-state index contributed by atoms with van der Waals surface area (Å²) in [5.74, 6) is 1.47. The highest BCUT2D eigenvalue weighted by Crippen LogP contribution is 2.33. The molecule has 2 unspecified atom stereocenters. The Bertz CT molecular complexity index is 535. The van der Waals surface area contributed by atoms with Crippen molar-refractivity contribution in [2.24, 2.45) is 5.73 Å². The summed E-state index contributed by atoms with van der Waals surface area (Å²) in [5.41, 5.74) is 7.32. The quantitative estimate of drug-likeness (QED) is 0.798. The number of rotatable bonds is 6. The Morgan fingerprint density at radius 1 is 1.26 bits per heavy atom. The third-order valence-electron chi connectivity index (χ3n) is 4.10. The molecule has 6 nitrogen and oxygen atoms in total. The minimum absolute atomic E-state index is 0.0382. The van der Waals surface area contributed by atoms with Crippen LogP contribution >= 0.6 is 0 Å². The molecule has 128 valence electrons. The van der Waals surface area contributed by atoms with Crippen molar-refractivity contribution in [2.75, 3.05) is 40.5 Å². The average Bonchev–Trinajstić information content (AvgIpc) is 2.53. The van der Waals surface area contributed by atoms with Gasteiger partial charge in [0.25, 0.3) is 0 Å². The lowest BCUT2D eigenvalue weighted by Gasteiger charge is -2.36. The van der Waals surface area contributed by atoms with E-state index in [-0.39, 0.29) is 24.5 Å². The van der Waals surface area contributed by atoms with Gasteiger partial charge in [-0.25, -0.2) is 0 Å². The maximum absolute atomic E-state index is 11.7. The summed E-state index contributed by atoms with van der Waals surface area (Å²) in [5, 5.41) is 0. The van der Waals surface area contributed by atoms with Gasteiger partial charge in [0.1, 0.15) is 0 Å². The van der Waals surface area contributed by atoms with E-state index in [0.29, 0.717) is 24.7 Å². The molecule has 0 spiro atoms. The van der Waals surface area contributed by atoms with E-state index in [1.165, 1.54) is 0 Å². The van der Waals surface area contributed by atoms with Crippen LogP contribution in [0.4, 0.5) is 0 Å². The molecule has 1 aliphatic heterocycles. The van der Waals surface area contributed by atoms with Gasteiger partial charge >= 0.3 is 5.97 Å².